The third-order valence-electron chi connectivity index (χ3n) is 5.08. The number of unbranched alkanes of at least 4 members (excludes halogenated alkanes) is 2. The van der Waals surface area contributed by atoms with E-state index in [1.54, 1.807) is 17.0 Å². The van der Waals surface area contributed by atoms with Crippen LogP contribution in [0.3, 0.4) is 0 Å². The highest BCUT2D eigenvalue weighted by Gasteiger charge is 2.29. The predicted molar refractivity (Wildman–Crippen MR) is 102 cm³/mol. The van der Waals surface area contributed by atoms with E-state index >= 15 is 0 Å². The van der Waals surface area contributed by atoms with Gasteiger partial charge in [-0.05, 0) is 37.0 Å². The van der Waals surface area contributed by atoms with Crippen LogP contribution in [0.1, 0.15) is 63.9 Å². The van der Waals surface area contributed by atoms with Crippen molar-refractivity contribution in [3.63, 3.8) is 0 Å². The van der Waals surface area contributed by atoms with E-state index in [4.69, 9.17) is 0 Å². The van der Waals surface area contributed by atoms with Gasteiger partial charge >= 0.3 is 0 Å². The molecule has 1 aliphatic carbocycles. The van der Waals surface area contributed by atoms with Crippen molar-refractivity contribution in [1.29, 1.82) is 0 Å². The monoisotopic (exact) mass is 383 g/mol. The minimum absolute atomic E-state index is 0.0339. The Morgan fingerprint density at radius 3 is 2.42 bits per heavy atom. The first-order chi connectivity index (χ1) is 12.4. The highest BCUT2D eigenvalue weighted by atomic mass is 32.2. The Balaban J connectivity index is 1.96. The summed E-state index contributed by atoms with van der Waals surface area (Å²) in [5.74, 6) is -0.503. The summed E-state index contributed by atoms with van der Waals surface area (Å²) in [5, 5.41) is -0.263. The second-order valence-corrected chi connectivity index (χ2v) is 9.57. The summed E-state index contributed by atoms with van der Waals surface area (Å²) < 4.78 is 37.9. The van der Waals surface area contributed by atoms with E-state index in [9.17, 15) is 17.6 Å². The Labute approximate surface area is 156 Å². The molecule has 2 rings (SSSR count). The number of rotatable bonds is 10. The topological polar surface area (TPSA) is 54.5 Å². The smallest absolute Gasteiger partial charge is 0.223 e. The van der Waals surface area contributed by atoms with Gasteiger partial charge in [-0.2, -0.15) is 0 Å². The molecule has 1 aromatic rings. The third-order valence-corrected chi connectivity index (χ3v) is 7.34. The largest absolute Gasteiger partial charge is 0.338 e. The molecule has 0 spiro atoms. The van der Waals surface area contributed by atoms with Gasteiger partial charge < -0.3 is 4.90 Å². The standard InChI is InChI=1S/C20H30FNO3S/c1-2-3-6-14-22(16-17-9-11-18(21)12-10-17)20(23)13-15-26(24,25)19-7-4-5-8-19/h9-12,19H,2-8,13-16H2,1H3. The molecule has 0 radical (unpaired) electrons. The lowest BCUT2D eigenvalue weighted by molar-refractivity contribution is -0.131. The molecule has 0 bridgehead atoms. The molecule has 1 saturated carbocycles. The van der Waals surface area contributed by atoms with Crippen LogP contribution < -0.4 is 0 Å². The summed E-state index contributed by atoms with van der Waals surface area (Å²) >= 11 is 0. The van der Waals surface area contributed by atoms with E-state index in [1.807, 2.05) is 0 Å². The average Bonchev–Trinajstić information content (AvgIpc) is 3.16. The lowest BCUT2D eigenvalue weighted by Crippen LogP contribution is -2.33. The maximum Gasteiger partial charge on any atom is 0.223 e. The number of carbonyl (C=O) groups is 1. The summed E-state index contributed by atoms with van der Waals surface area (Å²) in [6, 6.07) is 6.11. The van der Waals surface area contributed by atoms with Crippen LogP contribution in [0.25, 0.3) is 0 Å². The number of hydrogen-bond acceptors (Lipinski definition) is 3. The van der Waals surface area contributed by atoms with Gasteiger partial charge in [-0.25, -0.2) is 12.8 Å². The molecule has 26 heavy (non-hydrogen) atoms. The Hall–Kier alpha value is -1.43. The Bertz CT molecular complexity index is 667. The van der Waals surface area contributed by atoms with Crippen LogP contribution >= 0.6 is 0 Å². The molecule has 6 heteroatoms. The molecule has 1 fully saturated rings. The summed E-state index contributed by atoms with van der Waals surface area (Å²) in [6.45, 7) is 3.10. The van der Waals surface area contributed by atoms with E-state index in [0.29, 0.717) is 13.1 Å². The Morgan fingerprint density at radius 1 is 1.15 bits per heavy atom. The molecule has 146 valence electrons. The fraction of sp³-hybridized carbons (Fsp3) is 0.650. The van der Waals surface area contributed by atoms with Crippen LogP contribution in [0.2, 0.25) is 0 Å². The van der Waals surface area contributed by atoms with Crippen molar-refractivity contribution in [3.05, 3.63) is 35.6 Å². The number of nitrogens with zero attached hydrogens (tertiary/aromatic N) is 1. The summed E-state index contributed by atoms with van der Waals surface area (Å²) in [7, 11) is -3.19. The van der Waals surface area contributed by atoms with Crippen molar-refractivity contribution < 1.29 is 17.6 Å². The third kappa shape index (κ3) is 6.38. The maximum atomic E-state index is 13.1. The highest BCUT2D eigenvalue weighted by Crippen LogP contribution is 2.25. The van der Waals surface area contributed by atoms with Gasteiger partial charge in [0.1, 0.15) is 5.82 Å². The van der Waals surface area contributed by atoms with Crippen LogP contribution in [0.15, 0.2) is 24.3 Å². The van der Waals surface area contributed by atoms with E-state index in [-0.39, 0.29) is 29.1 Å². The van der Waals surface area contributed by atoms with Crippen molar-refractivity contribution >= 4 is 15.7 Å². The Morgan fingerprint density at radius 2 is 1.81 bits per heavy atom. The molecule has 0 aromatic heterocycles. The molecule has 0 unspecified atom stereocenters. The molecule has 1 amide bonds. The summed E-state index contributed by atoms with van der Waals surface area (Å²) in [5.41, 5.74) is 0.856. The van der Waals surface area contributed by atoms with Crippen molar-refractivity contribution in [2.45, 2.75) is 70.1 Å². The van der Waals surface area contributed by atoms with Crippen LogP contribution in [-0.2, 0) is 21.2 Å². The van der Waals surface area contributed by atoms with Gasteiger partial charge in [-0.15, -0.1) is 0 Å². The van der Waals surface area contributed by atoms with Gasteiger partial charge in [0.25, 0.3) is 0 Å². The molecule has 0 heterocycles. The second kappa shape index (κ2) is 10.0. The number of carbonyl (C=O) groups excluding carboxylic acids is 1. The average molecular weight is 384 g/mol. The fourth-order valence-corrected chi connectivity index (χ4v) is 5.30. The van der Waals surface area contributed by atoms with Gasteiger partial charge in [0, 0.05) is 19.5 Å². The van der Waals surface area contributed by atoms with Crippen molar-refractivity contribution in [1.82, 2.24) is 4.90 Å². The molecular weight excluding hydrogens is 353 g/mol. The molecule has 1 aliphatic rings. The Kier molecular flexibility index (Phi) is 8.07. The van der Waals surface area contributed by atoms with Crippen molar-refractivity contribution in [2.24, 2.45) is 0 Å². The first-order valence-corrected chi connectivity index (χ1v) is 11.4. The summed E-state index contributed by atoms with van der Waals surface area (Å²) in [4.78, 5) is 14.4. The zero-order valence-electron chi connectivity index (χ0n) is 15.6. The lowest BCUT2D eigenvalue weighted by atomic mass is 10.2. The normalized spacial score (nSPS) is 15.3. The number of amides is 1. The van der Waals surface area contributed by atoms with E-state index in [1.165, 1.54) is 12.1 Å². The van der Waals surface area contributed by atoms with Gasteiger partial charge in [-0.1, -0.05) is 44.7 Å². The van der Waals surface area contributed by atoms with Crippen LogP contribution in [0.5, 0.6) is 0 Å². The van der Waals surface area contributed by atoms with Gasteiger partial charge in [-0.3, -0.25) is 4.79 Å². The van der Waals surface area contributed by atoms with E-state index in [2.05, 4.69) is 6.92 Å². The highest BCUT2D eigenvalue weighted by molar-refractivity contribution is 7.92. The number of sulfone groups is 1. The molecule has 0 atom stereocenters. The minimum Gasteiger partial charge on any atom is -0.338 e. The molecule has 0 N–H and O–H groups in total. The molecule has 0 aliphatic heterocycles. The molecular formula is C20H30FNO3S. The SMILES string of the molecule is CCCCCN(Cc1ccc(F)cc1)C(=O)CCS(=O)(=O)C1CCCC1. The first kappa shape index (κ1) is 20.9. The number of benzene rings is 1. The van der Waals surface area contributed by atoms with Gasteiger partial charge in [0.2, 0.25) is 5.91 Å². The van der Waals surface area contributed by atoms with E-state index < -0.39 is 9.84 Å². The minimum atomic E-state index is -3.19. The van der Waals surface area contributed by atoms with Crippen LogP contribution in [0.4, 0.5) is 4.39 Å². The van der Waals surface area contributed by atoms with Crippen LogP contribution in [-0.4, -0.2) is 36.8 Å². The molecule has 0 saturated heterocycles. The first-order valence-electron chi connectivity index (χ1n) is 9.66. The quantitative estimate of drug-likeness (QED) is 0.572. The maximum absolute atomic E-state index is 13.1. The van der Waals surface area contributed by atoms with Crippen LogP contribution in [0, 0.1) is 5.82 Å². The zero-order chi connectivity index (χ0) is 19.0. The zero-order valence-corrected chi connectivity index (χ0v) is 16.4. The lowest BCUT2D eigenvalue weighted by Gasteiger charge is -2.23. The van der Waals surface area contributed by atoms with Gasteiger partial charge in [0.05, 0.1) is 11.0 Å². The second-order valence-electron chi connectivity index (χ2n) is 7.17. The number of hydrogen-bond donors (Lipinski definition) is 0. The van der Waals surface area contributed by atoms with Gasteiger partial charge in [0.15, 0.2) is 9.84 Å². The predicted octanol–water partition coefficient (Wildman–Crippen LogP) is 4.09. The van der Waals surface area contributed by atoms with Crippen molar-refractivity contribution in [3.8, 4) is 0 Å². The summed E-state index contributed by atoms with van der Waals surface area (Å²) in [6.07, 6.45) is 6.38. The molecule has 4 nitrogen and oxygen atoms in total. The number of halogens is 1. The van der Waals surface area contributed by atoms with E-state index in [0.717, 1.165) is 50.5 Å². The van der Waals surface area contributed by atoms with Crippen molar-refractivity contribution in [2.75, 3.05) is 12.3 Å². The molecule has 1 aromatic carbocycles. The fourth-order valence-electron chi connectivity index (χ4n) is 3.46.